The van der Waals surface area contributed by atoms with Crippen molar-refractivity contribution in [1.82, 2.24) is 0 Å². The highest BCUT2D eigenvalue weighted by Crippen LogP contribution is 2.48. The van der Waals surface area contributed by atoms with Crippen LogP contribution in [0.3, 0.4) is 0 Å². The van der Waals surface area contributed by atoms with Gasteiger partial charge in [-0.05, 0) is 56.1 Å². The summed E-state index contributed by atoms with van der Waals surface area (Å²) < 4.78 is 0. The molecule has 0 amide bonds. The SMILES string of the molecule is Cc1ccc(CC23CCCCC2=CC(=O)CC3)cc1. The van der Waals surface area contributed by atoms with Crippen molar-refractivity contribution in [3.8, 4) is 0 Å². The van der Waals surface area contributed by atoms with Gasteiger partial charge in [-0.15, -0.1) is 0 Å². The van der Waals surface area contributed by atoms with Gasteiger partial charge in [-0.25, -0.2) is 0 Å². The Morgan fingerprint density at radius 1 is 1.05 bits per heavy atom. The summed E-state index contributed by atoms with van der Waals surface area (Å²) in [6.45, 7) is 2.13. The molecule has 2 aliphatic carbocycles. The zero-order valence-electron chi connectivity index (χ0n) is 11.7. The van der Waals surface area contributed by atoms with Gasteiger partial charge >= 0.3 is 0 Å². The number of allylic oxidation sites excluding steroid dienone is 2. The molecule has 0 aliphatic heterocycles. The van der Waals surface area contributed by atoms with Crippen LogP contribution in [0, 0.1) is 12.3 Å². The van der Waals surface area contributed by atoms with E-state index in [1.807, 2.05) is 6.08 Å². The average molecular weight is 254 g/mol. The molecular weight excluding hydrogens is 232 g/mol. The van der Waals surface area contributed by atoms with Crippen LogP contribution in [0.1, 0.15) is 49.7 Å². The normalized spacial score (nSPS) is 26.8. The highest BCUT2D eigenvalue weighted by atomic mass is 16.1. The topological polar surface area (TPSA) is 17.1 Å². The summed E-state index contributed by atoms with van der Waals surface area (Å²) in [6.07, 6.45) is 9.87. The maximum absolute atomic E-state index is 11.7. The standard InChI is InChI=1S/C18H22O/c1-14-5-7-15(8-6-14)13-18-10-3-2-4-16(18)12-17(19)9-11-18/h5-8,12H,2-4,9-11,13H2,1H3. The van der Waals surface area contributed by atoms with E-state index in [1.54, 1.807) is 0 Å². The van der Waals surface area contributed by atoms with Gasteiger partial charge in [0.15, 0.2) is 5.78 Å². The monoisotopic (exact) mass is 254 g/mol. The van der Waals surface area contributed by atoms with Crippen molar-refractivity contribution in [2.75, 3.05) is 0 Å². The predicted molar refractivity (Wildman–Crippen MR) is 78.1 cm³/mol. The van der Waals surface area contributed by atoms with Crippen molar-refractivity contribution in [1.29, 1.82) is 0 Å². The number of hydrogen-bond acceptors (Lipinski definition) is 1. The van der Waals surface area contributed by atoms with E-state index in [0.717, 1.165) is 25.7 Å². The zero-order valence-corrected chi connectivity index (χ0v) is 11.7. The molecule has 1 aromatic carbocycles. The molecule has 1 unspecified atom stereocenters. The molecule has 0 aromatic heterocycles. The van der Waals surface area contributed by atoms with Gasteiger partial charge < -0.3 is 0 Å². The fourth-order valence-electron chi connectivity index (χ4n) is 3.73. The van der Waals surface area contributed by atoms with E-state index in [4.69, 9.17) is 0 Å². The van der Waals surface area contributed by atoms with Crippen molar-refractivity contribution in [3.05, 3.63) is 47.0 Å². The summed E-state index contributed by atoms with van der Waals surface area (Å²) >= 11 is 0. The van der Waals surface area contributed by atoms with Crippen molar-refractivity contribution >= 4 is 5.78 Å². The zero-order chi connectivity index (χ0) is 13.3. The molecule has 1 heteroatoms. The van der Waals surface area contributed by atoms with Crippen LogP contribution in [-0.2, 0) is 11.2 Å². The molecule has 0 bridgehead atoms. The van der Waals surface area contributed by atoms with Crippen molar-refractivity contribution in [2.45, 2.75) is 51.9 Å². The highest BCUT2D eigenvalue weighted by molar-refractivity contribution is 5.91. The molecule has 0 heterocycles. The number of benzene rings is 1. The molecule has 100 valence electrons. The highest BCUT2D eigenvalue weighted by Gasteiger charge is 2.39. The largest absolute Gasteiger partial charge is 0.295 e. The van der Waals surface area contributed by atoms with Crippen LogP contribution >= 0.6 is 0 Å². The van der Waals surface area contributed by atoms with E-state index in [-0.39, 0.29) is 0 Å². The maximum Gasteiger partial charge on any atom is 0.155 e. The second-order valence-corrected chi connectivity index (χ2v) is 6.29. The number of carbonyl (C=O) groups is 1. The third-order valence-electron chi connectivity index (χ3n) is 4.88. The first-order valence-electron chi connectivity index (χ1n) is 7.47. The Kier molecular flexibility index (Phi) is 3.30. The Labute approximate surface area is 115 Å². The quantitative estimate of drug-likeness (QED) is 0.765. The molecule has 1 aromatic rings. The minimum Gasteiger partial charge on any atom is -0.295 e. The molecule has 0 spiro atoms. The number of aryl methyl sites for hydroxylation is 1. The molecule has 0 saturated heterocycles. The summed E-state index contributed by atoms with van der Waals surface area (Å²) in [4.78, 5) is 11.7. The van der Waals surface area contributed by atoms with Crippen LogP contribution < -0.4 is 0 Å². The van der Waals surface area contributed by atoms with Crippen LogP contribution in [0.5, 0.6) is 0 Å². The number of rotatable bonds is 2. The Bertz CT molecular complexity index is 509. The van der Waals surface area contributed by atoms with Gasteiger partial charge in [0.2, 0.25) is 0 Å². The predicted octanol–water partition coefficient (Wildman–Crippen LogP) is 4.39. The fourth-order valence-corrected chi connectivity index (χ4v) is 3.73. The van der Waals surface area contributed by atoms with Gasteiger partial charge in [-0.3, -0.25) is 4.79 Å². The van der Waals surface area contributed by atoms with E-state index in [2.05, 4.69) is 31.2 Å². The Morgan fingerprint density at radius 3 is 2.63 bits per heavy atom. The molecular formula is C18H22O. The van der Waals surface area contributed by atoms with Crippen molar-refractivity contribution in [3.63, 3.8) is 0 Å². The maximum atomic E-state index is 11.7. The number of hydrogen-bond donors (Lipinski definition) is 0. The fraction of sp³-hybridized carbons (Fsp3) is 0.500. The molecule has 2 aliphatic rings. The smallest absolute Gasteiger partial charge is 0.155 e. The van der Waals surface area contributed by atoms with Crippen LogP contribution in [0.25, 0.3) is 0 Å². The minimum atomic E-state index is 0.293. The first kappa shape index (κ1) is 12.7. The first-order chi connectivity index (χ1) is 9.18. The van der Waals surface area contributed by atoms with E-state index in [0.29, 0.717) is 11.2 Å². The van der Waals surface area contributed by atoms with Gasteiger partial charge in [0, 0.05) is 6.42 Å². The van der Waals surface area contributed by atoms with Gasteiger partial charge in [0.05, 0.1) is 0 Å². The van der Waals surface area contributed by atoms with E-state index < -0.39 is 0 Å². The Morgan fingerprint density at radius 2 is 1.84 bits per heavy atom. The second-order valence-electron chi connectivity index (χ2n) is 6.29. The average Bonchev–Trinajstić information content (AvgIpc) is 2.42. The van der Waals surface area contributed by atoms with Gasteiger partial charge in [0.1, 0.15) is 0 Å². The summed E-state index contributed by atoms with van der Waals surface area (Å²) in [5.41, 5.74) is 4.48. The lowest BCUT2D eigenvalue weighted by molar-refractivity contribution is -0.116. The molecule has 19 heavy (non-hydrogen) atoms. The number of fused-ring (bicyclic) bond motifs is 1. The van der Waals surface area contributed by atoms with Gasteiger partial charge in [-0.1, -0.05) is 41.8 Å². The molecule has 3 rings (SSSR count). The summed E-state index contributed by atoms with van der Waals surface area (Å²) in [5.74, 6) is 0.344. The van der Waals surface area contributed by atoms with Crippen LogP contribution in [0.15, 0.2) is 35.9 Å². The molecule has 0 N–H and O–H groups in total. The molecule has 1 fully saturated rings. The lowest BCUT2D eigenvalue weighted by Gasteiger charge is -2.42. The van der Waals surface area contributed by atoms with E-state index in [1.165, 1.54) is 36.0 Å². The van der Waals surface area contributed by atoms with E-state index in [9.17, 15) is 4.79 Å². The Balaban J connectivity index is 1.89. The Hall–Kier alpha value is -1.37. The van der Waals surface area contributed by atoms with Crippen molar-refractivity contribution in [2.24, 2.45) is 5.41 Å². The number of ketones is 1. The molecule has 1 saturated carbocycles. The summed E-state index contributed by atoms with van der Waals surface area (Å²) in [6, 6.07) is 8.91. The van der Waals surface area contributed by atoms with Crippen LogP contribution in [0.2, 0.25) is 0 Å². The van der Waals surface area contributed by atoms with Gasteiger partial charge in [-0.2, -0.15) is 0 Å². The summed E-state index contributed by atoms with van der Waals surface area (Å²) in [5, 5.41) is 0. The molecule has 0 radical (unpaired) electrons. The minimum absolute atomic E-state index is 0.293. The van der Waals surface area contributed by atoms with Crippen molar-refractivity contribution < 1.29 is 4.79 Å². The molecule has 1 nitrogen and oxygen atoms in total. The third-order valence-corrected chi connectivity index (χ3v) is 4.88. The third kappa shape index (κ3) is 2.51. The lowest BCUT2D eigenvalue weighted by atomic mass is 9.62. The first-order valence-corrected chi connectivity index (χ1v) is 7.47. The second kappa shape index (κ2) is 4.96. The lowest BCUT2D eigenvalue weighted by Crippen LogP contribution is -2.33. The summed E-state index contributed by atoms with van der Waals surface area (Å²) in [7, 11) is 0. The van der Waals surface area contributed by atoms with E-state index >= 15 is 0 Å². The number of carbonyl (C=O) groups excluding carboxylic acids is 1. The van der Waals surface area contributed by atoms with Gasteiger partial charge in [0.25, 0.3) is 0 Å². The van der Waals surface area contributed by atoms with Crippen LogP contribution in [0.4, 0.5) is 0 Å². The van der Waals surface area contributed by atoms with Crippen LogP contribution in [-0.4, -0.2) is 5.78 Å². The molecule has 1 atom stereocenters.